The lowest BCUT2D eigenvalue weighted by Gasteiger charge is -2.33. The van der Waals surface area contributed by atoms with Crippen LogP contribution in [0.1, 0.15) is 37.7 Å². The van der Waals surface area contributed by atoms with Crippen molar-refractivity contribution in [3.05, 3.63) is 35.9 Å². The summed E-state index contributed by atoms with van der Waals surface area (Å²) >= 11 is 0. The van der Waals surface area contributed by atoms with Gasteiger partial charge in [0.2, 0.25) is 0 Å². The van der Waals surface area contributed by atoms with Crippen LogP contribution in [0.2, 0.25) is 0 Å². The highest BCUT2D eigenvalue weighted by Crippen LogP contribution is 2.35. The van der Waals surface area contributed by atoms with Crippen molar-refractivity contribution in [2.75, 3.05) is 0 Å². The first-order chi connectivity index (χ1) is 6.79. The second kappa shape index (κ2) is 4.14. The first-order valence-electron chi connectivity index (χ1n) is 5.52. The fourth-order valence-electron chi connectivity index (χ4n) is 2.46. The van der Waals surface area contributed by atoms with E-state index in [0.717, 1.165) is 6.42 Å². The molecule has 1 aliphatic carbocycles. The van der Waals surface area contributed by atoms with Crippen molar-refractivity contribution >= 4 is 0 Å². The molecular formula is C13H18O. The molecule has 0 heterocycles. The van der Waals surface area contributed by atoms with E-state index < -0.39 is 0 Å². The maximum absolute atomic E-state index is 10.1. The summed E-state index contributed by atoms with van der Waals surface area (Å²) in [5.74, 6) is 0.814. The van der Waals surface area contributed by atoms with Crippen molar-refractivity contribution in [2.24, 2.45) is 5.92 Å². The number of aliphatic hydroxyl groups is 1. The Kier molecular flexibility index (Phi) is 2.87. The molecule has 0 radical (unpaired) electrons. The molecule has 1 aliphatic rings. The quantitative estimate of drug-likeness (QED) is 0.722. The summed E-state index contributed by atoms with van der Waals surface area (Å²) in [6.45, 7) is 2.15. The Morgan fingerprint density at radius 2 is 1.86 bits per heavy atom. The molecule has 1 aromatic rings. The Bertz CT molecular complexity index is 281. The zero-order chi connectivity index (χ0) is 9.97. The Morgan fingerprint density at radius 3 is 2.57 bits per heavy atom. The van der Waals surface area contributed by atoms with Gasteiger partial charge < -0.3 is 5.11 Å². The van der Waals surface area contributed by atoms with Gasteiger partial charge in [0.1, 0.15) is 0 Å². The second-order valence-corrected chi connectivity index (χ2v) is 4.42. The monoisotopic (exact) mass is 190 g/mol. The van der Waals surface area contributed by atoms with Gasteiger partial charge in [-0.15, -0.1) is 0 Å². The molecule has 76 valence electrons. The summed E-state index contributed by atoms with van der Waals surface area (Å²) in [7, 11) is 0. The van der Waals surface area contributed by atoms with Gasteiger partial charge in [-0.25, -0.2) is 0 Å². The van der Waals surface area contributed by atoms with Gasteiger partial charge in [-0.2, -0.15) is 0 Å². The molecule has 0 amide bonds. The minimum atomic E-state index is -0.147. The van der Waals surface area contributed by atoms with Crippen LogP contribution in [0.25, 0.3) is 0 Å². The van der Waals surface area contributed by atoms with E-state index in [2.05, 4.69) is 31.2 Å². The van der Waals surface area contributed by atoms with Crippen LogP contribution < -0.4 is 0 Å². The van der Waals surface area contributed by atoms with Gasteiger partial charge in [0.25, 0.3) is 0 Å². The van der Waals surface area contributed by atoms with E-state index in [1.54, 1.807) is 0 Å². The number of rotatable bonds is 1. The molecular weight excluding hydrogens is 172 g/mol. The van der Waals surface area contributed by atoms with Crippen LogP contribution in [-0.2, 0) is 0 Å². The summed E-state index contributed by atoms with van der Waals surface area (Å²) in [5, 5.41) is 10.1. The van der Waals surface area contributed by atoms with Crippen molar-refractivity contribution in [3.8, 4) is 0 Å². The van der Waals surface area contributed by atoms with E-state index in [1.165, 1.54) is 18.4 Å². The predicted molar refractivity (Wildman–Crippen MR) is 58.2 cm³/mol. The Balaban J connectivity index is 2.17. The van der Waals surface area contributed by atoms with Crippen LogP contribution in [0.5, 0.6) is 0 Å². The van der Waals surface area contributed by atoms with Gasteiger partial charge >= 0.3 is 0 Å². The maximum Gasteiger partial charge on any atom is 0.0634 e. The van der Waals surface area contributed by atoms with E-state index in [9.17, 15) is 5.11 Å². The summed E-state index contributed by atoms with van der Waals surface area (Å²) in [6, 6.07) is 10.4. The summed E-state index contributed by atoms with van der Waals surface area (Å²) in [5.41, 5.74) is 1.30. The normalized spacial score (nSPS) is 32.9. The second-order valence-electron chi connectivity index (χ2n) is 4.42. The summed E-state index contributed by atoms with van der Waals surface area (Å²) in [4.78, 5) is 0. The topological polar surface area (TPSA) is 20.2 Å². The number of hydrogen-bond donors (Lipinski definition) is 1. The first kappa shape index (κ1) is 9.72. The smallest absolute Gasteiger partial charge is 0.0634 e. The van der Waals surface area contributed by atoms with Gasteiger partial charge in [-0.3, -0.25) is 0 Å². The molecule has 0 aromatic heterocycles. The lowest BCUT2D eigenvalue weighted by atomic mass is 9.76. The molecule has 0 spiro atoms. The first-order valence-corrected chi connectivity index (χ1v) is 5.52. The van der Waals surface area contributed by atoms with E-state index in [4.69, 9.17) is 0 Å². The van der Waals surface area contributed by atoms with Gasteiger partial charge in [0.15, 0.2) is 0 Å². The molecule has 3 atom stereocenters. The zero-order valence-electron chi connectivity index (χ0n) is 8.69. The van der Waals surface area contributed by atoms with Crippen molar-refractivity contribution in [3.63, 3.8) is 0 Å². The molecule has 0 aliphatic heterocycles. The Hall–Kier alpha value is -0.820. The number of benzene rings is 1. The van der Waals surface area contributed by atoms with Gasteiger partial charge in [0.05, 0.1) is 6.10 Å². The van der Waals surface area contributed by atoms with E-state index >= 15 is 0 Å². The predicted octanol–water partition coefficient (Wildman–Crippen LogP) is 2.95. The van der Waals surface area contributed by atoms with Crippen LogP contribution in [0.15, 0.2) is 30.3 Å². The molecule has 1 fully saturated rings. The fraction of sp³-hybridized carbons (Fsp3) is 0.538. The molecule has 1 aromatic carbocycles. The minimum Gasteiger partial charge on any atom is -0.392 e. The molecule has 2 rings (SSSR count). The number of aliphatic hydroxyl groups excluding tert-OH is 1. The van der Waals surface area contributed by atoms with Crippen LogP contribution in [0, 0.1) is 5.92 Å². The molecule has 0 saturated heterocycles. The summed E-state index contributed by atoms with van der Waals surface area (Å²) < 4.78 is 0. The van der Waals surface area contributed by atoms with Gasteiger partial charge in [-0.1, -0.05) is 43.7 Å². The van der Waals surface area contributed by atoms with Crippen molar-refractivity contribution in [2.45, 2.75) is 38.2 Å². The highest BCUT2D eigenvalue weighted by Gasteiger charge is 2.29. The molecule has 3 unspecified atom stereocenters. The van der Waals surface area contributed by atoms with E-state index in [0.29, 0.717) is 11.8 Å². The van der Waals surface area contributed by atoms with E-state index in [-0.39, 0.29) is 6.10 Å². The van der Waals surface area contributed by atoms with Crippen molar-refractivity contribution in [1.82, 2.24) is 0 Å². The maximum atomic E-state index is 10.1. The summed E-state index contributed by atoms with van der Waals surface area (Å²) in [6.07, 6.45) is 3.41. The van der Waals surface area contributed by atoms with Gasteiger partial charge in [0, 0.05) is 5.92 Å². The van der Waals surface area contributed by atoms with Crippen LogP contribution in [-0.4, -0.2) is 11.2 Å². The Labute approximate surface area is 85.8 Å². The van der Waals surface area contributed by atoms with Crippen LogP contribution in [0.4, 0.5) is 0 Å². The highest BCUT2D eigenvalue weighted by atomic mass is 16.3. The van der Waals surface area contributed by atoms with Crippen molar-refractivity contribution in [1.29, 1.82) is 0 Å². The lowest BCUT2D eigenvalue weighted by molar-refractivity contribution is 0.0577. The molecule has 1 heteroatoms. The minimum absolute atomic E-state index is 0.147. The van der Waals surface area contributed by atoms with Crippen LogP contribution >= 0.6 is 0 Å². The number of hydrogen-bond acceptors (Lipinski definition) is 1. The standard InChI is InChI=1S/C13H18O/c1-10-6-5-9-12(13(10)14)11-7-3-2-4-8-11/h2-4,7-8,10,12-14H,5-6,9H2,1H3. The molecule has 14 heavy (non-hydrogen) atoms. The fourth-order valence-corrected chi connectivity index (χ4v) is 2.46. The Morgan fingerprint density at radius 1 is 1.14 bits per heavy atom. The molecule has 1 saturated carbocycles. The lowest BCUT2D eigenvalue weighted by Crippen LogP contribution is -2.29. The molecule has 1 nitrogen and oxygen atoms in total. The molecule has 1 N–H and O–H groups in total. The van der Waals surface area contributed by atoms with Crippen LogP contribution in [0.3, 0.4) is 0 Å². The molecule has 0 bridgehead atoms. The average molecular weight is 190 g/mol. The third-order valence-electron chi connectivity index (χ3n) is 3.40. The van der Waals surface area contributed by atoms with E-state index in [1.807, 2.05) is 6.07 Å². The van der Waals surface area contributed by atoms with Crippen molar-refractivity contribution < 1.29 is 5.11 Å². The SMILES string of the molecule is CC1CCCC(c2ccccc2)C1O. The third kappa shape index (κ3) is 1.83. The van der Waals surface area contributed by atoms with Gasteiger partial charge in [-0.05, 0) is 24.3 Å². The third-order valence-corrected chi connectivity index (χ3v) is 3.40. The zero-order valence-corrected chi connectivity index (χ0v) is 8.69. The highest BCUT2D eigenvalue weighted by molar-refractivity contribution is 5.21. The average Bonchev–Trinajstić information content (AvgIpc) is 2.23. The largest absolute Gasteiger partial charge is 0.392 e.